The van der Waals surface area contributed by atoms with E-state index in [4.69, 9.17) is 15.3 Å². The van der Waals surface area contributed by atoms with Crippen molar-refractivity contribution in [2.75, 3.05) is 14.2 Å². The lowest BCUT2D eigenvalue weighted by Crippen LogP contribution is -2.42. The van der Waals surface area contributed by atoms with E-state index in [9.17, 15) is 4.79 Å². The number of likely N-dealkylation sites (N-methyl/N-ethyl adjacent to an activating group) is 1. The van der Waals surface area contributed by atoms with Crippen LogP contribution in [0.15, 0.2) is 54.6 Å². The predicted molar refractivity (Wildman–Crippen MR) is 88.7 cm³/mol. The Morgan fingerprint density at radius 3 is 2.35 bits per heavy atom. The lowest BCUT2D eigenvalue weighted by Gasteiger charge is -2.18. The molecule has 0 aliphatic heterocycles. The molecular formula is C18H22N2O3. The Morgan fingerprint density at radius 2 is 1.74 bits per heavy atom. The van der Waals surface area contributed by atoms with Crippen molar-refractivity contribution >= 4 is 5.91 Å². The van der Waals surface area contributed by atoms with Crippen molar-refractivity contribution in [2.45, 2.75) is 19.1 Å². The van der Waals surface area contributed by atoms with Crippen molar-refractivity contribution in [1.82, 2.24) is 5.06 Å². The summed E-state index contributed by atoms with van der Waals surface area (Å²) in [7, 11) is 2.98. The van der Waals surface area contributed by atoms with Gasteiger partial charge < -0.3 is 10.5 Å². The van der Waals surface area contributed by atoms with Crippen LogP contribution in [-0.4, -0.2) is 31.2 Å². The van der Waals surface area contributed by atoms with E-state index in [1.54, 1.807) is 7.05 Å². The Hall–Kier alpha value is -2.37. The van der Waals surface area contributed by atoms with Gasteiger partial charge in [0.05, 0.1) is 13.2 Å². The summed E-state index contributed by atoms with van der Waals surface area (Å²) in [6.45, 7) is 0.525. The minimum Gasteiger partial charge on any atom is -0.489 e. The van der Waals surface area contributed by atoms with Crippen molar-refractivity contribution in [3.05, 3.63) is 65.7 Å². The Morgan fingerprint density at radius 1 is 1.09 bits per heavy atom. The van der Waals surface area contributed by atoms with Crippen molar-refractivity contribution in [3.63, 3.8) is 0 Å². The van der Waals surface area contributed by atoms with Crippen molar-refractivity contribution < 1.29 is 14.4 Å². The van der Waals surface area contributed by atoms with Crippen LogP contribution in [0, 0.1) is 0 Å². The molecule has 0 aliphatic rings. The number of benzene rings is 2. The zero-order chi connectivity index (χ0) is 16.7. The second-order valence-corrected chi connectivity index (χ2v) is 5.25. The molecule has 1 atom stereocenters. The summed E-state index contributed by atoms with van der Waals surface area (Å²) in [5.41, 5.74) is 7.99. The van der Waals surface area contributed by atoms with Crippen LogP contribution in [0.1, 0.15) is 11.1 Å². The molecule has 0 aromatic heterocycles. The molecule has 5 nitrogen and oxygen atoms in total. The highest BCUT2D eigenvalue weighted by molar-refractivity contribution is 5.80. The second-order valence-electron chi connectivity index (χ2n) is 5.25. The van der Waals surface area contributed by atoms with E-state index in [0.717, 1.165) is 21.9 Å². The predicted octanol–water partition coefficient (Wildman–Crippen LogP) is 2.16. The molecule has 0 radical (unpaired) electrons. The standard InChI is InChI=1S/C18H22N2O3/c1-20(22-2)18(21)17(19)12-14-8-10-16(11-9-14)23-13-15-6-4-3-5-7-15/h3-11,17H,12-13,19H2,1-2H3/t17-/m0/s1. The third-order valence-corrected chi connectivity index (χ3v) is 3.53. The third-order valence-electron chi connectivity index (χ3n) is 3.53. The highest BCUT2D eigenvalue weighted by atomic mass is 16.7. The molecule has 2 aromatic rings. The van der Waals surface area contributed by atoms with Gasteiger partial charge in [0.2, 0.25) is 0 Å². The maximum Gasteiger partial charge on any atom is 0.263 e. The zero-order valence-corrected chi connectivity index (χ0v) is 13.4. The lowest BCUT2D eigenvalue weighted by molar-refractivity contribution is -0.170. The molecule has 0 aliphatic carbocycles. The van der Waals surface area contributed by atoms with Gasteiger partial charge in [-0.05, 0) is 29.7 Å². The quantitative estimate of drug-likeness (QED) is 0.795. The minimum atomic E-state index is -0.629. The van der Waals surface area contributed by atoms with E-state index >= 15 is 0 Å². The Balaban J connectivity index is 1.88. The summed E-state index contributed by atoms with van der Waals surface area (Å²) in [6.07, 6.45) is 0.450. The summed E-state index contributed by atoms with van der Waals surface area (Å²) < 4.78 is 5.73. The number of hydrogen-bond donors (Lipinski definition) is 1. The molecule has 0 spiro atoms. The smallest absolute Gasteiger partial charge is 0.263 e. The van der Waals surface area contributed by atoms with E-state index in [1.807, 2.05) is 54.6 Å². The highest BCUT2D eigenvalue weighted by Crippen LogP contribution is 2.15. The molecule has 0 heterocycles. The van der Waals surface area contributed by atoms with Gasteiger partial charge >= 0.3 is 0 Å². The summed E-state index contributed by atoms with van der Waals surface area (Å²) in [4.78, 5) is 16.7. The van der Waals surface area contributed by atoms with E-state index in [0.29, 0.717) is 13.0 Å². The molecular weight excluding hydrogens is 292 g/mol. The molecule has 2 rings (SSSR count). The van der Waals surface area contributed by atoms with E-state index in [-0.39, 0.29) is 5.91 Å². The van der Waals surface area contributed by atoms with Gasteiger partial charge in [-0.3, -0.25) is 9.63 Å². The fourth-order valence-electron chi connectivity index (χ4n) is 2.13. The Bertz CT molecular complexity index is 614. The maximum absolute atomic E-state index is 11.9. The molecule has 122 valence electrons. The van der Waals surface area contributed by atoms with Gasteiger partial charge in [0, 0.05) is 7.05 Å². The zero-order valence-electron chi connectivity index (χ0n) is 13.4. The van der Waals surface area contributed by atoms with Crippen LogP contribution in [0.4, 0.5) is 0 Å². The normalized spacial score (nSPS) is 11.8. The summed E-state index contributed by atoms with van der Waals surface area (Å²) in [5, 5.41) is 1.14. The van der Waals surface area contributed by atoms with Crippen LogP contribution in [0.25, 0.3) is 0 Å². The molecule has 0 saturated carbocycles. The number of hydroxylamine groups is 2. The van der Waals surface area contributed by atoms with Crippen LogP contribution in [0.3, 0.4) is 0 Å². The van der Waals surface area contributed by atoms with Gasteiger partial charge in [0.25, 0.3) is 5.91 Å². The largest absolute Gasteiger partial charge is 0.489 e. The number of ether oxygens (including phenoxy) is 1. The molecule has 2 N–H and O–H groups in total. The molecule has 5 heteroatoms. The first-order chi connectivity index (χ1) is 11.1. The van der Waals surface area contributed by atoms with Crippen molar-refractivity contribution in [3.8, 4) is 5.75 Å². The average molecular weight is 314 g/mol. The fraction of sp³-hybridized carbons (Fsp3) is 0.278. The number of carbonyl (C=O) groups excluding carboxylic acids is 1. The Labute approximate surface area is 136 Å². The van der Waals surface area contributed by atoms with Crippen LogP contribution in [0.2, 0.25) is 0 Å². The molecule has 0 bridgehead atoms. The highest BCUT2D eigenvalue weighted by Gasteiger charge is 2.18. The van der Waals surface area contributed by atoms with Gasteiger partial charge in [-0.15, -0.1) is 0 Å². The number of carbonyl (C=O) groups is 1. The summed E-state index contributed by atoms with van der Waals surface area (Å²) >= 11 is 0. The van der Waals surface area contributed by atoms with E-state index < -0.39 is 6.04 Å². The number of amides is 1. The first kappa shape index (κ1) is 17.0. The summed E-state index contributed by atoms with van der Waals surface area (Å²) in [5.74, 6) is 0.531. The Kier molecular flexibility index (Phi) is 6.14. The molecule has 2 aromatic carbocycles. The van der Waals surface area contributed by atoms with Crippen molar-refractivity contribution in [2.24, 2.45) is 5.73 Å². The van der Waals surface area contributed by atoms with E-state index in [1.165, 1.54) is 7.11 Å². The van der Waals surface area contributed by atoms with Gasteiger partial charge in [-0.25, -0.2) is 5.06 Å². The molecule has 0 saturated heterocycles. The first-order valence-corrected chi connectivity index (χ1v) is 7.43. The number of nitrogens with two attached hydrogens (primary N) is 1. The monoisotopic (exact) mass is 314 g/mol. The summed E-state index contributed by atoms with van der Waals surface area (Å²) in [6, 6.07) is 17.0. The lowest BCUT2D eigenvalue weighted by atomic mass is 10.1. The fourth-order valence-corrected chi connectivity index (χ4v) is 2.13. The molecule has 23 heavy (non-hydrogen) atoms. The first-order valence-electron chi connectivity index (χ1n) is 7.43. The molecule has 0 fully saturated rings. The van der Waals surface area contributed by atoms with Gasteiger partial charge in [-0.1, -0.05) is 42.5 Å². The van der Waals surface area contributed by atoms with Crippen LogP contribution in [0.5, 0.6) is 5.75 Å². The number of nitrogens with zero attached hydrogens (tertiary/aromatic N) is 1. The van der Waals surface area contributed by atoms with Crippen LogP contribution in [-0.2, 0) is 22.7 Å². The molecule has 0 unspecified atom stereocenters. The van der Waals surface area contributed by atoms with Gasteiger partial charge in [-0.2, -0.15) is 0 Å². The van der Waals surface area contributed by atoms with Crippen molar-refractivity contribution in [1.29, 1.82) is 0 Å². The SMILES string of the molecule is CON(C)C(=O)[C@@H](N)Cc1ccc(OCc2ccccc2)cc1. The topological polar surface area (TPSA) is 64.8 Å². The number of rotatable bonds is 7. The van der Waals surface area contributed by atoms with Gasteiger partial charge in [0.1, 0.15) is 12.4 Å². The third kappa shape index (κ3) is 5.09. The van der Waals surface area contributed by atoms with Crippen LogP contribution < -0.4 is 10.5 Å². The maximum atomic E-state index is 11.9. The average Bonchev–Trinajstić information content (AvgIpc) is 2.60. The minimum absolute atomic E-state index is 0.253. The number of hydrogen-bond acceptors (Lipinski definition) is 4. The van der Waals surface area contributed by atoms with E-state index in [2.05, 4.69) is 0 Å². The second kappa shape index (κ2) is 8.31. The van der Waals surface area contributed by atoms with Gasteiger partial charge in [0.15, 0.2) is 0 Å². The van der Waals surface area contributed by atoms with Crippen LogP contribution >= 0.6 is 0 Å². The molecule has 1 amide bonds.